The molecule has 0 aromatic carbocycles. The van der Waals surface area contributed by atoms with Gasteiger partial charge in [-0.15, -0.1) is 0 Å². The van der Waals surface area contributed by atoms with E-state index in [4.69, 9.17) is 37.6 Å². The Labute approximate surface area is 117 Å². The average Bonchev–Trinajstić information content (AvgIpc) is 2.38. The molecule has 0 rings (SSSR count). The first-order valence-corrected chi connectivity index (χ1v) is 6.04. The SMILES string of the molecule is CC(N)(CO)CO.NC(CCCC(N)C(=O)O)C(=O)O. The van der Waals surface area contributed by atoms with Crippen LogP contribution in [0.4, 0.5) is 0 Å². The Morgan fingerprint density at radius 1 is 1.00 bits per heavy atom. The molecule has 0 saturated heterocycles. The zero-order valence-corrected chi connectivity index (χ0v) is 11.5. The predicted octanol–water partition coefficient (Wildman–Crippen LogP) is -2.33. The maximum Gasteiger partial charge on any atom is 0.320 e. The van der Waals surface area contributed by atoms with Gasteiger partial charge in [-0.25, -0.2) is 0 Å². The number of carboxylic acids is 2. The Morgan fingerprint density at radius 2 is 1.30 bits per heavy atom. The number of carbonyl (C=O) groups is 2. The van der Waals surface area contributed by atoms with Crippen LogP contribution < -0.4 is 17.2 Å². The van der Waals surface area contributed by atoms with Gasteiger partial charge in [0.2, 0.25) is 0 Å². The molecular weight excluding hydrogens is 270 g/mol. The second-order valence-electron chi connectivity index (χ2n) is 4.79. The van der Waals surface area contributed by atoms with E-state index < -0.39 is 29.6 Å². The Morgan fingerprint density at radius 3 is 1.45 bits per heavy atom. The van der Waals surface area contributed by atoms with Gasteiger partial charge in [0.1, 0.15) is 12.1 Å². The van der Waals surface area contributed by atoms with Crippen LogP contribution in [0.25, 0.3) is 0 Å². The number of nitrogens with two attached hydrogens (primary N) is 3. The molecule has 0 radical (unpaired) electrons. The first kappa shape index (κ1) is 21.0. The number of hydrogen-bond donors (Lipinski definition) is 7. The van der Waals surface area contributed by atoms with Gasteiger partial charge in [0, 0.05) is 0 Å². The molecule has 0 aliphatic carbocycles. The number of aliphatic hydroxyl groups excluding tert-OH is 2. The Bertz CT molecular complexity index is 272. The van der Waals surface area contributed by atoms with Crippen LogP contribution in [-0.4, -0.2) is 63.2 Å². The van der Waals surface area contributed by atoms with Crippen molar-refractivity contribution in [3.05, 3.63) is 0 Å². The lowest BCUT2D eigenvalue weighted by molar-refractivity contribution is -0.139. The third kappa shape index (κ3) is 11.8. The van der Waals surface area contributed by atoms with Crippen LogP contribution in [0.2, 0.25) is 0 Å². The van der Waals surface area contributed by atoms with E-state index in [0.29, 0.717) is 6.42 Å². The molecule has 20 heavy (non-hydrogen) atoms. The van der Waals surface area contributed by atoms with E-state index in [1.807, 2.05) is 0 Å². The van der Waals surface area contributed by atoms with Crippen molar-refractivity contribution >= 4 is 11.9 Å². The third-order valence-electron chi connectivity index (χ3n) is 2.39. The van der Waals surface area contributed by atoms with Crippen molar-refractivity contribution in [1.29, 1.82) is 0 Å². The first-order valence-electron chi connectivity index (χ1n) is 6.04. The Kier molecular flexibility index (Phi) is 11.1. The number of rotatable bonds is 8. The number of hydrogen-bond acceptors (Lipinski definition) is 7. The summed E-state index contributed by atoms with van der Waals surface area (Å²) in [6, 6.07) is -1.86. The van der Waals surface area contributed by atoms with Crippen molar-refractivity contribution in [1.82, 2.24) is 0 Å². The molecule has 0 aliphatic rings. The normalized spacial score (nSPS) is 13.9. The van der Waals surface area contributed by atoms with Gasteiger partial charge in [0.05, 0.1) is 18.8 Å². The van der Waals surface area contributed by atoms with Crippen LogP contribution in [-0.2, 0) is 9.59 Å². The molecule has 120 valence electrons. The molecule has 2 atom stereocenters. The molecule has 0 bridgehead atoms. The van der Waals surface area contributed by atoms with Crippen LogP contribution in [0.1, 0.15) is 26.2 Å². The molecule has 0 spiro atoms. The number of aliphatic hydroxyl groups is 2. The Hall–Kier alpha value is -1.26. The van der Waals surface area contributed by atoms with Gasteiger partial charge in [-0.3, -0.25) is 9.59 Å². The van der Waals surface area contributed by atoms with Crippen molar-refractivity contribution in [2.24, 2.45) is 17.2 Å². The largest absolute Gasteiger partial charge is 0.480 e. The summed E-state index contributed by atoms with van der Waals surface area (Å²) in [6.07, 6.45) is 0.896. The summed E-state index contributed by atoms with van der Waals surface area (Å²) in [7, 11) is 0. The fourth-order valence-electron chi connectivity index (χ4n) is 0.855. The second-order valence-corrected chi connectivity index (χ2v) is 4.79. The summed E-state index contributed by atoms with van der Waals surface area (Å²) in [5, 5.41) is 33.4. The summed E-state index contributed by atoms with van der Waals surface area (Å²) < 4.78 is 0. The van der Waals surface area contributed by atoms with E-state index in [-0.39, 0.29) is 26.1 Å². The quantitative estimate of drug-likeness (QED) is 0.257. The Balaban J connectivity index is 0. The molecule has 0 heterocycles. The molecule has 2 unspecified atom stereocenters. The molecule has 9 nitrogen and oxygen atoms in total. The minimum atomic E-state index is -1.08. The van der Waals surface area contributed by atoms with Crippen molar-refractivity contribution in [2.45, 2.75) is 43.8 Å². The first-order chi connectivity index (χ1) is 9.07. The van der Waals surface area contributed by atoms with Gasteiger partial charge in [-0.1, -0.05) is 0 Å². The molecule has 0 aliphatic heterocycles. The zero-order chi connectivity index (χ0) is 16.3. The maximum atomic E-state index is 10.2. The average molecular weight is 295 g/mol. The van der Waals surface area contributed by atoms with Crippen molar-refractivity contribution < 1.29 is 30.0 Å². The molecule has 0 aromatic rings. The van der Waals surface area contributed by atoms with E-state index in [1.165, 1.54) is 0 Å². The molecule has 10 N–H and O–H groups in total. The van der Waals surface area contributed by atoms with Crippen molar-refractivity contribution in [2.75, 3.05) is 13.2 Å². The minimum Gasteiger partial charge on any atom is -0.480 e. The van der Waals surface area contributed by atoms with Gasteiger partial charge in [0.15, 0.2) is 0 Å². The fourth-order valence-corrected chi connectivity index (χ4v) is 0.855. The number of carboxylic acid groups (broad SMARTS) is 2. The van der Waals surface area contributed by atoms with E-state index in [2.05, 4.69) is 0 Å². The lowest BCUT2D eigenvalue weighted by Gasteiger charge is -2.16. The van der Waals surface area contributed by atoms with Gasteiger partial charge in [-0.05, 0) is 26.2 Å². The van der Waals surface area contributed by atoms with Gasteiger partial charge in [0.25, 0.3) is 0 Å². The van der Waals surface area contributed by atoms with Gasteiger partial charge < -0.3 is 37.6 Å². The molecule has 0 amide bonds. The van der Waals surface area contributed by atoms with Crippen LogP contribution in [0, 0.1) is 0 Å². The molecule has 0 saturated carbocycles. The summed E-state index contributed by atoms with van der Waals surface area (Å²) in [5.41, 5.74) is 14.8. The van der Waals surface area contributed by atoms with E-state index in [9.17, 15) is 9.59 Å². The van der Waals surface area contributed by atoms with Crippen molar-refractivity contribution in [3.63, 3.8) is 0 Å². The fraction of sp³-hybridized carbons (Fsp3) is 0.818. The molecule has 0 aromatic heterocycles. The highest BCUT2D eigenvalue weighted by molar-refractivity contribution is 5.73. The van der Waals surface area contributed by atoms with Crippen LogP contribution in [0.3, 0.4) is 0 Å². The summed E-state index contributed by atoms with van der Waals surface area (Å²) in [6.45, 7) is 1.22. The minimum absolute atomic E-state index is 0.177. The summed E-state index contributed by atoms with van der Waals surface area (Å²) in [5.74, 6) is -2.16. The lowest BCUT2D eigenvalue weighted by atomic mass is 10.1. The van der Waals surface area contributed by atoms with E-state index >= 15 is 0 Å². The van der Waals surface area contributed by atoms with E-state index in [1.54, 1.807) is 6.92 Å². The van der Waals surface area contributed by atoms with Gasteiger partial charge in [-0.2, -0.15) is 0 Å². The van der Waals surface area contributed by atoms with Gasteiger partial charge >= 0.3 is 11.9 Å². The van der Waals surface area contributed by atoms with Crippen molar-refractivity contribution in [3.8, 4) is 0 Å². The molecular formula is C11H25N3O6. The van der Waals surface area contributed by atoms with Crippen LogP contribution in [0.15, 0.2) is 0 Å². The third-order valence-corrected chi connectivity index (χ3v) is 2.39. The lowest BCUT2D eigenvalue weighted by Crippen LogP contribution is -2.43. The number of aliphatic carboxylic acids is 2. The maximum absolute atomic E-state index is 10.2. The summed E-state index contributed by atoms with van der Waals surface area (Å²) in [4.78, 5) is 20.5. The standard InChI is InChI=1S/C7H14N2O4.C4H11NO2/c8-4(6(10)11)2-1-3-5(9)7(12)13;1-4(5,2-6)3-7/h4-5H,1-3,8-9H2,(H,10,11)(H,12,13);6-7H,2-3,5H2,1H3. The highest BCUT2D eigenvalue weighted by atomic mass is 16.4. The topological polar surface area (TPSA) is 193 Å². The smallest absolute Gasteiger partial charge is 0.320 e. The summed E-state index contributed by atoms with van der Waals surface area (Å²) >= 11 is 0. The highest BCUT2D eigenvalue weighted by Crippen LogP contribution is 2.01. The monoisotopic (exact) mass is 295 g/mol. The second kappa shape index (κ2) is 10.5. The van der Waals surface area contributed by atoms with E-state index in [0.717, 1.165) is 0 Å². The zero-order valence-electron chi connectivity index (χ0n) is 11.5. The van der Waals surface area contributed by atoms with Crippen LogP contribution in [0.5, 0.6) is 0 Å². The molecule has 0 fully saturated rings. The van der Waals surface area contributed by atoms with Crippen LogP contribution >= 0.6 is 0 Å². The predicted molar refractivity (Wildman–Crippen MR) is 71.8 cm³/mol. The molecule has 9 heteroatoms. The highest BCUT2D eigenvalue weighted by Gasteiger charge is 2.15.